The van der Waals surface area contributed by atoms with Gasteiger partial charge in [-0.2, -0.15) is 0 Å². The summed E-state index contributed by atoms with van der Waals surface area (Å²) in [4.78, 5) is 25.3. The molecule has 0 saturated heterocycles. The molecule has 5 heteroatoms. The second-order valence-corrected chi connectivity index (χ2v) is 5.63. The lowest BCUT2D eigenvalue weighted by molar-refractivity contribution is 0.0813. The second-order valence-electron chi connectivity index (χ2n) is 5.63. The lowest BCUT2D eigenvalue weighted by atomic mass is 9.96. The third-order valence-electron chi connectivity index (χ3n) is 3.86. The molecule has 5 nitrogen and oxygen atoms in total. The highest BCUT2D eigenvalue weighted by molar-refractivity contribution is 5.97. The highest BCUT2D eigenvalue weighted by atomic mass is 16.3. The van der Waals surface area contributed by atoms with Crippen molar-refractivity contribution in [2.24, 2.45) is 5.92 Å². The van der Waals surface area contributed by atoms with Crippen molar-refractivity contribution in [2.45, 2.75) is 32.8 Å². The fourth-order valence-corrected chi connectivity index (χ4v) is 2.32. The number of rotatable bonds is 7. The smallest absolute Gasteiger partial charge is 0.253 e. The zero-order chi connectivity index (χ0) is 16.7. The second kappa shape index (κ2) is 8.54. The quantitative estimate of drug-likeness (QED) is 0.808. The molecule has 0 saturated carbocycles. The molecule has 0 spiro atoms. The van der Waals surface area contributed by atoms with Gasteiger partial charge in [-0.05, 0) is 30.2 Å². The molecule has 22 heavy (non-hydrogen) atoms. The lowest BCUT2D eigenvalue weighted by Crippen LogP contribution is -2.36. The van der Waals surface area contributed by atoms with Crippen LogP contribution in [0.5, 0.6) is 0 Å². The fraction of sp³-hybridized carbons (Fsp3) is 0.529. The van der Waals surface area contributed by atoms with Gasteiger partial charge in [-0.3, -0.25) is 9.59 Å². The summed E-state index contributed by atoms with van der Waals surface area (Å²) in [6.45, 7) is 4.29. The zero-order valence-electron chi connectivity index (χ0n) is 13.8. The standard InChI is InChI=1S/C17H26N2O3/c1-5-12(6-2)15(20)11-18-16(21)13-7-9-14(10-8-13)17(22)19(3)4/h7-10,12,15,20H,5-6,11H2,1-4H3,(H,18,21). The minimum Gasteiger partial charge on any atom is -0.391 e. The van der Waals surface area contributed by atoms with Crippen LogP contribution in [0.2, 0.25) is 0 Å². The summed E-state index contributed by atoms with van der Waals surface area (Å²) in [6.07, 6.45) is 1.23. The van der Waals surface area contributed by atoms with Gasteiger partial charge in [-0.1, -0.05) is 26.7 Å². The molecule has 0 radical (unpaired) electrons. The maximum absolute atomic E-state index is 12.0. The Kier molecular flexibility index (Phi) is 7.05. The van der Waals surface area contributed by atoms with Gasteiger partial charge in [0.2, 0.25) is 0 Å². The first-order valence-corrected chi connectivity index (χ1v) is 7.68. The van der Waals surface area contributed by atoms with E-state index < -0.39 is 6.10 Å². The third-order valence-corrected chi connectivity index (χ3v) is 3.86. The van der Waals surface area contributed by atoms with Crippen molar-refractivity contribution in [3.63, 3.8) is 0 Å². The van der Waals surface area contributed by atoms with E-state index in [1.807, 2.05) is 13.8 Å². The van der Waals surface area contributed by atoms with E-state index in [1.165, 1.54) is 4.90 Å². The van der Waals surface area contributed by atoms with Crippen LogP contribution in [0.15, 0.2) is 24.3 Å². The number of hydrogen-bond donors (Lipinski definition) is 2. The van der Waals surface area contributed by atoms with Crippen LogP contribution in [-0.4, -0.2) is 48.6 Å². The van der Waals surface area contributed by atoms with Gasteiger partial charge in [-0.25, -0.2) is 0 Å². The van der Waals surface area contributed by atoms with Crippen molar-refractivity contribution < 1.29 is 14.7 Å². The van der Waals surface area contributed by atoms with Crippen molar-refractivity contribution in [3.8, 4) is 0 Å². The van der Waals surface area contributed by atoms with Gasteiger partial charge in [0, 0.05) is 31.8 Å². The molecule has 0 fully saturated rings. The predicted octanol–water partition coefficient (Wildman–Crippen LogP) is 1.92. The minimum atomic E-state index is -0.534. The first-order chi connectivity index (χ1) is 10.4. The van der Waals surface area contributed by atoms with E-state index in [-0.39, 0.29) is 24.3 Å². The molecule has 1 atom stereocenters. The van der Waals surface area contributed by atoms with Gasteiger partial charge in [0.1, 0.15) is 0 Å². The molecule has 0 aromatic heterocycles. The Morgan fingerprint density at radius 1 is 1.09 bits per heavy atom. The SMILES string of the molecule is CCC(CC)C(O)CNC(=O)c1ccc(C(=O)N(C)C)cc1. The van der Waals surface area contributed by atoms with Crippen LogP contribution in [0.25, 0.3) is 0 Å². The molecule has 2 amide bonds. The van der Waals surface area contributed by atoms with Crippen LogP contribution >= 0.6 is 0 Å². The molecular weight excluding hydrogens is 280 g/mol. The van der Waals surface area contributed by atoms with E-state index in [0.717, 1.165) is 12.8 Å². The maximum Gasteiger partial charge on any atom is 0.253 e. The maximum atomic E-state index is 12.0. The van der Waals surface area contributed by atoms with E-state index >= 15 is 0 Å². The van der Waals surface area contributed by atoms with Crippen LogP contribution in [0, 0.1) is 5.92 Å². The summed E-state index contributed by atoms with van der Waals surface area (Å²) in [5, 5.41) is 12.8. The molecule has 0 aliphatic carbocycles. The number of aliphatic hydroxyl groups is 1. The summed E-state index contributed by atoms with van der Waals surface area (Å²) in [7, 11) is 3.37. The number of nitrogens with zero attached hydrogens (tertiary/aromatic N) is 1. The molecule has 0 aliphatic heterocycles. The van der Waals surface area contributed by atoms with E-state index in [4.69, 9.17) is 0 Å². The van der Waals surface area contributed by atoms with Crippen molar-refractivity contribution in [1.82, 2.24) is 10.2 Å². The Hall–Kier alpha value is -1.88. The number of nitrogens with one attached hydrogen (secondary N) is 1. The topological polar surface area (TPSA) is 69.6 Å². The monoisotopic (exact) mass is 306 g/mol. The minimum absolute atomic E-state index is 0.101. The molecule has 122 valence electrons. The van der Waals surface area contributed by atoms with Gasteiger partial charge in [0.05, 0.1) is 6.10 Å². The Morgan fingerprint density at radius 3 is 2.05 bits per heavy atom. The average molecular weight is 306 g/mol. The zero-order valence-corrected chi connectivity index (χ0v) is 13.8. The van der Waals surface area contributed by atoms with Crippen LogP contribution in [0.4, 0.5) is 0 Å². The molecule has 1 aromatic carbocycles. The molecule has 1 unspecified atom stereocenters. The van der Waals surface area contributed by atoms with Gasteiger partial charge >= 0.3 is 0 Å². The van der Waals surface area contributed by atoms with Gasteiger partial charge in [0.25, 0.3) is 11.8 Å². The van der Waals surface area contributed by atoms with Crippen molar-refractivity contribution in [3.05, 3.63) is 35.4 Å². The normalized spacial score (nSPS) is 12.1. The molecule has 1 aromatic rings. The Bertz CT molecular complexity index is 493. The molecule has 0 bridgehead atoms. The summed E-state index contributed by atoms with van der Waals surface area (Å²) in [5.74, 6) is -0.148. The number of hydrogen-bond acceptors (Lipinski definition) is 3. The molecule has 0 heterocycles. The van der Waals surface area contributed by atoms with E-state index in [2.05, 4.69) is 5.32 Å². The van der Waals surface area contributed by atoms with E-state index in [1.54, 1.807) is 38.4 Å². The molecule has 2 N–H and O–H groups in total. The van der Waals surface area contributed by atoms with E-state index in [0.29, 0.717) is 11.1 Å². The lowest BCUT2D eigenvalue weighted by Gasteiger charge is -2.20. The largest absolute Gasteiger partial charge is 0.391 e. The highest BCUT2D eigenvalue weighted by Crippen LogP contribution is 2.12. The number of amides is 2. The summed E-state index contributed by atoms with van der Waals surface area (Å²) in [6, 6.07) is 6.51. The van der Waals surface area contributed by atoms with E-state index in [9.17, 15) is 14.7 Å². The van der Waals surface area contributed by atoms with Gasteiger partial charge in [-0.15, -0.1) is 0 Å². The Morgan fingerprint density at radius 2 is 1.59 bits per heavy atom. The summed E-state index contributed by atoms with van der Waals surface area (Å²) in [5.41, 5.74) is 1.02. The van der Waals surface area contributed by atoms with Crippen LogP contribution in [0.1, 0.15) is 47.4 Å². The number of carbonyl (C=O) groups excluding carboxylic acids is 2. The average Bonchev–Trinajstić information content (AvgIpc) is 2.53. The summed E-state index contributed by atoms with van der Waals surface area (Å²) < 4.78 is 0. The number of aliphatic hydroxyl groups excluding tert-OH is 1. The van der Waals surface area contributed by atoms with Crippen molar-refractivity contribution in [1.29, 1.82) is 0 Å². The molecular formula is C17H26N2O3. The number of carbonyl (C=O) groups is 2. The first kappa shape index (κ1) is 18.2. The first-order valence-electron chi connectivity index (χ1n) is 7.68. The van der Waals surface area contributed by atoms with Crippen LogP contribution < -0.4 is 5.32 Å². The fourth-order valence-electron chi connectivity index (χ4n) is 2.32. The van der Waals surface area contributed by atoms with Crippen molar-refractivity contribution in [2.75, 3.05) is 20.6 Å². The molecule has 1 rings (SSSR count). The third kappa shape index (κ3) is 4.84. The van der Waals surface area contributed by atoms with Gasteiger partial charge in [0.15, 0.2) is 0 Å². The molecule has 0 aliphatic rings. The Balaban J connectivity index is 2.61. The highest BCUT2D eigenvalue weighted by Gasteiger charge is 2.17. The number of benzene rings is 1. The predicted molar refractivity (Wildman–Crippen MR) is 86.9 cm³/mol. The Labute approximate surface area is 132 Å². The van der Waals surface area contributed by atoms with Crippen molar-refractivity contribution >= 4 is 11.8 Å². The van der Waals surface area contributed by atoms with Crippen LogP contribution in [0.3, 0.4) is 0 Å². The summed E-state index contributed by atoms with van der Waals surface area (Å²) >= 11 is 0. The van der Waals surface area contributed by atoms with Gasteiger partial charge < -0.3 is 15.3 Å². The van der Waals surface area contributed by atoms with Crippen LogP contribution in [-0.2, 0) is 0 Å².